The molecule has 0 aliphatic carbocycles. The molecule has 0 amide bonds. The molecule has 152 valence electrons. The lowest BCUT2D eigenvalue weighted by Crippen LogP contribution is -1.98. The third-order valence-corrected chi connectivity index (χ3v) is 6.86. The van der Waals surface area contributed by atoms with E-state index >= 15 is 0 Å². The Morgan fingerprint density at radius 3 is 0.960 bits per heavy atom. The van der Waals surface area contributed by atoms with Gasteiger partial charge in [-0.15, -0.1) is 0 Å². The smallest absolute Gasteiger partial charge is 0.0814 e. The summed E-state index contributed by atoms with van der Waals surface area (Å²) < 4.78 is 0. The third kappa shape index (κ3) is 23.0. The third-order valence-electron chi connectivity index (χ3n) is 5.03. The van der Waals surface area contributed by atoms with Crippen molar-refractivity contribution in [3.8, 4) is 0 Å². The van der Waals surface area contributed by atoms with Crippen LogP contribution in [0.4, 0.5) is 0 Å². The summed E-state index contributed by atoms with van der Waals surface area (Å²) in [6, 6.07) is 0. The van der Waals surface area contributed by atoms with Gasteiger partial charge in [-0.3, -0.25) is 0 Å². The minimum absolute atomic E-state index is 0. The van der Waals surface area contributed by atoms with Gasteiger partial charge in [-0.05, 0) is 25.7 Å². The van der Waals surface area contributed by atoms with Crippen molar-refractivity contribution in [2.45, 2.75) is 139 Å². The lowest BCUT2D eigenvalue weighted by molar-refractivity contribution is 0.532. The van der Waals surface area contributed by atoms with E-state index in [1.807, 2.05) is 0 Å². The van der Waals surface area contributed by atoms with E-state index in [0.717, 1.165) is 9.65 Å². The van der Waals surface area contributed by atoms with Crippen molar-refractivity contribution >= 4 is 40.3 Å². The highest BCUT2D eigenvalue weighted by atomic mass is 79.9. The molecule has 0 bridgehead atoms. The predicted octanol–water partition coefficient (Wildman–Crippen LogP) is 8.39. The summed E-state index contributed by atoms with van der Waals surface area (Å²) in [5.41, 5.74) is 0. The molecule has 0 nitrogen and oxygen atoms in total. The minimum Gasteiger partial charge on any atom is -0.0891 e. The molecule has 0 aliphatic rings. The van der Waals surface area contributed by atoms with Gasteiger partial charge in [0.15, 0.2) is 0 Å². The van der Waals surface area contributed by atoms with Gasteiger partial charge in [0.1, 0.15) is 0 Å². The normalized spacial score (nSPS) is 13.4. The van der Waals surface area contributed by atoms with Crippen LogP contribution in [0.1, 0.15) is 129 Å². The van der Waals surface area contributed by atoms with Crippen molar-refractivity contribution in [3.63, 3.8) is 0 Å². The number of unbranched alkanes of at least 4 members (excludes halogenated alkanes) is 11. The fourth-order valence-corrected chi connectivity index (χ4v) is 4.61. The number of halogens is 2. The first-order chi connectivity index (χ1) is 11.7. The standard InChI is InChI=1S/C22H44Br2.BH3/c1-3-5-13-17-21(23)19-15-11-9-7-8-10-12-16-20-22(24)18-14-6-4-2;/h21-22H,3-20H2,1-2H3;1H3. The Morgan fingerprint density at radius 1 is 0.440 bits per heavy atom. The molecule has 2 unspecified atom stereocenters. The molecule has 0 rings (SSSR count). The maximum atomic E-state index is 3.85. The second-order valence-electron chi connectivity index (χ2n) is 7.59. The summed E-state index contributed by atoms with van der Waals surface area (Å²) in [5.74, 6) is 0. The van der Waals surface area contributed by atoms with Crippen LogP contribution in [0.25, 0.3) is 0 Å². The Hall–Kier alpha value is 1.02. The van der Waals surface area contributed by atoms with Gasteiger partial charge in [-0.2, -0.15) is 0 Å². The van der Waals surface area contributed by atoms with E-state index in [2.05, 4.69) is 45.7 Å². The fraction of sp³-hybridized carbons (Fsp3) is 1.00. The van der Waals surface area contributed by atoms with E-state index in [4.69, 9.17) is 0 Å². The van der Waals surface area contributed by atoms with Crippen molar-refractivity contribution in [2.75, 3.05) is 0 Å². The van der Waals surface area contributed by atoms with Crippen LogP contribution in [-0.4, -0.2) is 18.1 Å². The van der Waals surface area contributed by atoms with Gasteiger partial charge in [0.25, 0.3) is 0 Å². The lowest BCUT2D eigenvalue weighted by atomic mass is 10.0. The number of rotatable bonds is 19. The maximum absolute atomic E-state index is 3.85. The molecule has 0 fully saturated rings. The molecule has 25 heavy (non-hydrogen) atoms. The van der Waals surface area contributed by atoms with E-state index in [1.165, 1.54) is 116 Å². The van der Waals surface area contributed by atoms with Crippen molar-refractivity contribution in [1.82, 2.24) is 0 Å². The Balaban J connectivity index is 0. The maximum Gasteiger partial charge on any atom is 0.0814 e. The fourth-order valence-electron chi connectivity index (χ4n) is 3.31. The van der Waals surface area contributed by atoms with Crippen LogP contribution in [0, 0.1) is 0 Å². The largest absolute Gasteiger partial charge is 0.0891 e. The number of alkyl halides is 2. The zero-order valence-electron chi connectivity index (χ0n) is 16.6. The van der Waals surface area contributed by atoms with E-state index in [-0.39, 0.29) is 8.41 Å². The molecule has 0 aromatic heterocycles. The Morgan fingerprint density at radius 2 is 0.680 bits per heavy atom. The van der Waals surface area contributed by atoms with E-state index < -0.39 is 0 Å². The second kappa shape index (κ2) is 23.1. The first-order valence-corrected chi connectivity index (χ1v) is 12.8. The highest BCUT2D eigenvalue weighted by Crippen LogP contribution is 2.20. The van der Waals surface area contributed by atoms with Crippen LogP contribution in [0.3, 0.4) is 0 Å². The highest BCUT2D eigenvalue weighted by Gasteiger charge is 2.04. The molecule has 0 aromatic carbocycles. The van der Waals surface area contributed by atoms with Crippen molar-refractivity contribution in [3.05, 3.63) is 0 Å². The lowest BCUT2D eigenvalue weighted by Gasteiger charge is -2.09. The van der Waals surface area contributed by atoms with Gasteiger partial charge in [-0.1, -0.05) is 136 Å². The van der Waals surface area contributed by atoms with E-state index in [0.29, 0.717) is 0 Å². The Kier molecular flexibility index (Phi) is 26.1. The SMILES string of the molecule is B.CCCCCC(Br)CCCCCCCCCCC(Br)CCCCC. The van der Waals surface area contributed by atoms with Crippen LogP contribution >= 0.6 is 31.9 Å². The Labute approximate surface area is 178 Å². The van der Waals surface area contributed by atoms with Crippen molar-refractivity contribution < 1.29 is 0 Å². The van der Waals surface area contributed by atoms with Crippen LogP contribution in [-0.2, 0) is 0 Å². The van der Waals surface area contributed by atoms with Gasteiger partial charge in [0.2, 0.25) is 0 Å². The average molecular weight is 482 g/mol. The van der Waals surface area contributed by atoms with E-state index in [1.54, 1.807) is 0 Å². The number of hydrogen-bond acceptors (Lipinski definition) is 0. The molecule has 0 radical (unpaired) electrons. The molecule has 0 aliphatic heterocycles. The van der Waals surface area contributed by atoms with Crippen LogP contribution < -0.4 is 0 Å². The van der Waals surface area contributed by atoms with Crippen molar-refractivity contribution in [2.24, 2.45) is 0 Å². The van der Waals surface area contributed by atoms with Gasteiger partial charge in [0.05, 0.1) is 8.41 Å². The molecular formula is C22H47BBr2. The quantitative estimate of drug-likeness (QED) is 0.0986. The zero-order valence-corrected chi connectivity index (χ0v) is 19.8. The van der Waals surface area contributed by atoms with Gasteiger partial charge >= 0.3 is 0 Å². The molecule has 0 saturated carbocycles. The second-order valence-corrected chi connectivity index (χ2v) is 10.2. The van der Waals surface area contributed by atoms with Crippen LogP contribution in [0.15, 0.2) is 0 Å². The van der Waals surface area contributed by atoms with Gasteiger partial charge in [-0.25, -0.2) is 0 Å². The number of hydrogen-bond donors (Lipinski definition) is 0. The predicted molar refractivity (Wildman–Crippen MR) is 130 cm³/mol. The summed E-state index contributed by atoms with van der Waals surface area (Å²) >= 11 is 7.69. The average Bonchev–Trinajstić information content (AvgIpc) is 2.57. The van der Waals surface area contributed by atoms with E-state index in [9.17, 15) is 0 Å². The molecule has 0 aromatic rings. The summed E-state index contributed by atoms with van der Waals surface area (Å²) in [6.45, 7) is 4.57. The molecule has 0 saturated heterocycles. The summed E-state index contributed by atoms with van der Waals surface area (Å²) in [5, 5.41) is 0. The van der Waals surface area contributed by atoms with Gasteiger partial charge in [0, 0.05) is 9.65 Å². The molecule has 0 heterocycles. The first-order valence-electron chi connectivity index (χ1n) is 11.0. The molecule has 0 spiro atoms. The summed E-state index contributed by atoms with van der Waals surface area (Å²) in [6.07, 6.45) is 25.3. The zero-order chi connectivity index (χ0) is 17.9. The summed E-state index contributed by atoms with van der Waals surface area (Å²) in [7, 11) is 0. The highest BCUT2D eigenvalue weighted by molar-refractivity contribution is 9.09. The molecular weight excluding hydrogens is 435 g/mol. The summed E-state index contributed by atoms with van der Waals surface area (Å²) in [4.78, 5) is 1.55. The van der Waals surface area contributed by atoms with Crippen molar-refractivity contribution in [1.29, 1.82) is 0 Å². The molecule has 3 heteroatoms. The van der Waals surface area contributed by atoms with Gasteiger partial charge < -0.3 is 0 Å². The molecule has 0 N–H and O–H groups in total. The van der Waals surface area contributed by atoms with Crippen LogP contribution in [0.2, 0.25) is 0 Å². The van der Waals surface area contributed by atoms with Crippen LogP contribution in [0.5, 0.6) is 0 Å². The molecule has 2 atom stereocenters. The topological polar surface area (TPSA) is 0 Å². The minimum atomic E-state index is 0. The monoisotopic (exact) mass is 480 g/mol. The first kappa shape index (κ1) is 28.2. The Bertz CT molecular complexity index is 212.